The number of amides is 1. The highest BCUT2D eigenvalue weighted by molar-refractivity contribution is 7.93. The summed E-state index contributed by atoms with van der Waals surface area (Å²) in [5.74, 6) is 0.841. The van der Waals surface area contributed by atoms with Crippen LogP contribution in [0.5, 0.6) is 11.5 Å². The standard InChI is InChI=1S/C23H26N4O5S/c1-15-5-8-19(9-6-15)27(33(29,30)23-16(2)25-26(4)17(23)3)13-22(28)24-12-18-7-10-20-21(11-18)32-14-31-20/h5-11H,12-14H2,1-4H3,(H,24,28). The monoisotopic (exact) mass is 470 g/mol. The minimum Gasteiger partial charge on any atom is -0.454 e. The first-order valence-corrected chi connectivity index (χ1v) is 11.9. The van der Waals surface area contributed by atoms with Crippen molar-refractivity contribution in [2.45, 2.75) is 32.2 Å². The summed E-state index contributed by atoms with van der Waals surface area (Å²) in [6, 6.07) is 12.4. The van der Waals surface area contributed by atoms with Crippen LogP contribution in [0.25, 0.3) is 0 Å². The Kier molecular flexibility index (Phi) is 6.03. The Hall–Kier alpha value is -3.53. The second kappa shape index (κ2) is 8.78. The summed E-state index contributed by atoms with van der Waals surface area (Å²) in [6.07, 6.45) is 0. The van der Waals surface area contributed by atoms with Gasteiger partial charge in [-0.3, -0.25) is 13.8 Å². The molecule has 1 aliphatic rings. The van der Waals surface area contributed by atoms with Gasteiger partial charge in [0.2, 0.25) is 12.7 Å². The summed E-state index contributed by atoms with van der Waals surface area (Å²) < 4.78 is 40.7. The van der Waals surface area contributed by atoms with E-state index in [-0.39, 0.29) is 24.8 Å². The van der Waals surface area contributed by atoms with Gasteiger partial charge in [-0.25, -0.2) is 8.42 Å². The second-order valence-electron chi connectivity index (χ2n) is 7.94. The third-order valence-corrected chi connectivity index (χ3v) is 7.55. The fraction of sp³-hybridized carbons (Fsp3) is 0.304. The van der Waals surface area contributed by atoms with E-state index in [1.807, 2.05) is 25.1 Å². The molecule has 3 aromatic rings. The molecule has 10 heteroatoms. The Labute approximate surface area is 193 Å². The number of aromatic nitrogens is 2. The Bertz CT molecular complexity index is 1300. The van der Waals surface area contributed by atoms with E-state index in [2.05, 4.69) is 10.4 Å². The number of hydrogen-bond acceptors (Lipinski definition) is 6. The first kappa shape index (κ1) is 22.7. The van der Waals surface area contributed by atoms with E-state index in [9.17, 15) is 13.2 Å². The summed E-state index contributed by atoms with van der Waals surface area (Å²) in [4.78, 5) is 13.0. The first-order valence-electron chi connectivity index (χ1n) is 10.4. The summed E-state index contributed by atoms with van der Waals surface area (Å²) in [5.41, 5.74) is 3.09. The van der Waals surface area contributed by atoms with Gasteiger partial charge in [-0.2, -0.15) is 5.10 Å². The number of nitrogens with one attached hydrogen (secondary N) is 1. The van der Waals surface area contributed by atoms with Crippen LogP contribution in [0.4, 0.5) is 5.69 Å². The lowest BCUT2D eigenvalue weighted by atomic mass is 10.2. The number of anilines is 1. The SMILES string of the molecule is Cc1ccc(N(CC(=O)NCc2ccc3c(c2)OCO3)S(=O)(=O)c2c(C)nn(C)c2C)cc1. The predicted octanol–water partition coefficient (Wildman–Crippen LogP) is 2.59. The van der Waals surface area contributed by atoms with Gasteiger partial charge < -0.3 is 14.8 Å². The predicted molar refractivity (Wildman–Crippen MR) is 123 cm³/mol. The number of hydrogen-bond donors (Lipinski definition) is 1. The molecule has 4 rings (SSSR count). The average Bonchev–Trinajstić information content (AvgIpc) is 3.34. The zero-order valence-electron chi connectivity index (χ0n) is 19.0. The zero-order valence-corrected chi connectivity index (χ0v) is 19.8. The molecule has 0 aliphatic carbocycles. The van der Waals surface area contributed by atoms with Crippen LogP contribution in [-0.4, -0.2) is 37.4 Å². The van der Waals surface area contributed by atoms with Crippen molar-refractivity contribution in [1.82, 2.24) is 15.1 Å². The van der Waals surface area contributed by atoms with Crippen LogP contribution < -0.4 is 19.1 Å². The average molecular weight is 471 g/mol. The number of aryl methyl sites for hydroxylation is 3. The quantitative estimate of drug-likeness (QED) is 0.569. The van der Waals surface area contributed by atoms with Crippen molar-refractivity contribution in [3.63, 3.8) is 0 Å². The van der Waals surface area contributed by atoms with Gasteiger partial charge in [0.25, 0.3) is 10.0 Å². The molecule has 0 fully saturated rings. The van der Waals surface area contributed by atoms with Gasteiger partial charge in [0.15, 0.2) is 11.5 Å². The van der Waals surface area contributed by atoms with E-state index in [0.717, 1.165) is 15.4 Å². The Morgan fingerprint density at radius 1 is 1.09 bits per heavy atom. The molecule has 0 bridgehead atoms. The number of carbonyl (C=O) groups excluding carboxylic acids is 1. The topological polar surface area (TPSA) is 103 Å². The molecule has 9 nitrogen and oxygen atoms in total. The molecule has 174 valence electrons. The van der Waals surface area contributed by atoms with Crippen molar-refractivity contribution >= 4 is 21.6 Å². The van der Waals surface area contributed by atoms with E-state index < -0.39 is 15.9 Å². The van der Waals surface area contributed by atoms with Gasteiger partial charge in [0.05, 0.1) is 17.1 Å². The van der Waals surface area contributed by atoms with Gasteiger partial charge in [0, 0.05) is 13.6 Å². The normalized spacial score (nSPS) is 12.6. The van der Waals surface area contributed by atoms with Crippen LogP contribution in [0, 0.1) is 20.8 Å². The maximum atomic E-state index is 13.7. The molecule has 0 unspecified atom stereocenters. The number of rotatable bonds is 7. The molecule has 2 heterocycles. The van der Waals surface area contributed by atoms with Crippen LogP contribution in [0.15, 0.2) is 47.4 Å². The van der Waals surface area contributed by atoms with E-state index >= 15 is 0 Å². The molecule has 1 amide bonds. The van der Waals surface area contributed by atoms with Crippen molar-refractivity contribution in [3.05, 3.63) is 65.0 Å². The van der Waals surface area contributed by atoms with E-state index in [0.29, 0.717) is 28.6 Å². The van der Waals surface area contributed by atoms with Crippen molar-refractivity contribution in [3.8, 4) is 11.5 Å². The summed E-state index contributed by atoms with van der Waals surface area (Å²) in [6.45, 7) is 5.27. The molecule has 0 saturated carbocycles. The van der Waals surface area contributed by atoms with Crippen LogP contribution in [0.1, 0.15) is 22.5 Å². The summed E-state index contributed by atoms with van der Waals surface area (Å²) in [7, 11) is -2.35. The van der Waals surface area contributed by atoms with Crippen LogP contribution in [0.2, 0.25) is 0 Å². The van der Waals surface area contributed by atoms with E-state index in [1.54, 1.807) is 45.2 Å². The number of nitrogens with zero attached hydrogens (tertiary/aromatic N) is 3. The minimum atomic E-state index is -4.04. The van der Waals surface area contributed by atoms with Gasteiger partial charge in [-0.05, 0) is 50.6 Å². The number of ether oxygens (including phenoxy) is 2. The highest BCUT2D eigenvalue weighted by Gasteiger charge is 2.32. The highest BCUT2D eigenvalue weighted by atomic mass is 32.2. The first-order chi connectivity index (χ1) is 15.7. The third-order valence-electron chi connectivity index (χ3n) is 5.53. The number of benzene rings is 2. The van der Waals surface area contributed by atoms with Crippen molar-refractivity contribution < 1.29 is 22.7 Å². The minimum absolute atomic E-state index is 0.106. The van der Waals surface area contributed by atoms with Crippen molar-refractivity contribution in [2.24, 2.45) is 7.05 Å². The lowest BCUT2D eigenvalue weighted by molar-refractivity contribution is -0.119. The maximum Gasteiger partial charge on any atom is 0.268 e. The number of carbonyl (C=O) groups is 1. The maximum absolute atomic E-state index is 13.7. The molecule has 2 aromatic carbocycles. The fourth-order valence-corrected chi connectivity index (χ4v) is 5.53. The van der Waals surface area contributed by atoms with Crippen molar-refractivity contribution in [2.75, 3.05) is 17.6 Å². The summed E-state index contributed by atoms with van der Waals surface area (Å²) >= 11 is 0. The molecular formula is C23H26N4O5S. The number of fused-ring (bicyclic) bond motifs is 1. The number of sulfonamides is 1. The van der Waals surface area contributed by atoms with Gasteiger partial charge in [-0.15, -0.1) is 0 Å². The van der Waals surface area contributed by atoms with Gasteiger partial charge in [-0.1, -0.05) is 23.8 Å². The molecular weight excluding hydrogens is 444 g/mol. The zero-order chi connectivity index (χ0) is 23.8. The van der Waals surface area contributed by atoms with Crippen LogP contribution in [0.3, 0.4) is 0 Å². The molecule has 0 radical (unpaired) electrons. The van der Waals surface area contributed by atoms with Gasteiger partial charge in [0.1, 0.15) is 11.4 Å². The van der Waals surface area contributed by atoms with Crippen LogP contribution in [-0.2, 0) is 28.4 Å². The van der Waals surface area contributed by atoms with Crippen molar-refractivity contribution in [1.29, 1.82) is 0 Å². The molecule has 0 spiro atoms. The largest absolute Gasteiger partial charge is 0.454 e. The molecule has 33 heavy (non-hydrogen) atoms. The third kappa shape index (κ3) is 4.51. The van der Waals surface area contributed by atoms with Gasteiger partial charge >= 0.3 is 0 Å². The molecule has 0 atom stereocenters. The molecule has 1 aliphatic heterocycles. The van der Waals surface area contributed by atoms with E-state index in [4.69, 9.17) is 9.47 Å². The van der Waals surface area contributed by atoms with Crippen LogP contribution >= 0.6 is 0 Å². The fourth-order valence-electron chi connectivity index (χ4n) is 3.70. The lowest BCUT2D eigenvalue weighted by Gasteiger charge is -2.24. The Morgan fingerprint density at radius 3 is 2.45 bits per heavy atom. The lowest BCUT2D eigenvalue weighted by Crippen LogP contribution is -2.41. The summed E-state index contributed by atoms with van der Waals surface area (Å²) in [5, 5.41) is 7.04. The molecule has 1 N–H and O–H groups in total. The molecule has 0 saturated heterocycles. The molecule has 1 aromatic heterocycles. The second-order valence-corrected chi connectivity index (χ2v) is 9.73. The Morgan fingerprint density at radius 2 is 1.79 bits per heavy atom. The van der Waals surface area contributed by atoms with E-state index in [1.165, 1.54) is 4.68 Å². The Balaban J connectivity index is 1.58. The highest BCUT2D eigenvalue weighted by Crippen LogP contribution is 2.32. The smallest absolute Gasteiger partial charge is 0.268 e.